The number of carbonyl (C=O) groups is 2. The summed E-state index contributed by atoms with van der Waals surface area (Å²) < 4.78 is 1.27. The smallest absolute Gasteiger partial charge is 0.322 e. The fraction of sp³-hybridized carbons (Fsp3) is 0.389. The van der Waals surface area contributed by atoms with Gasteiger partial charge in [0.05, 0.1) is 5.92 Å². The summed E-state index contributed by atoms with van der Waals surface area (Å²) in [5.74, 6) is -1.29. The number of rotatable bonds is 5. The molecule has 2 aromatic heterocycles. The first-order valence-corrected chi connectivity index (χ1v) is 10.1. The van der Waals surface area contributed by atoms with Crippen LogP contribution in [0.4, 0.5) is 5.82 Å². The van der Waals surface area contributed by atoms with E-state index in [1.54, 1.807) is 6.08 Å². The Labute approximate surface area is 169 Å². The fourth-order valence-electron chi connectivity index (χ4n) is 3.27. The lowest BCUT2D eigenvalue weighted by molar-refractivity contribution is -0.138. The highest BCUT2D eigenvalue weighted by atomic mass is 32.1. The van der Waals surface area contributed by atoms with Crippen LogP contribution in [-0.2, 0) is 9.59 Å². The van der Waals surface area contributed by atoms with Gasteiger partial charge in [-0.3, -0.25) is 14.4 Å². The molecular formula is C18H20N6O4S. The first-order valence-electron chi connectivity index (χ1n) is 9.26. The molecule has 11 heteroatoms. The molecule has 0 radical (unpaired) electrons. The minimum Gasteiger partial charge on any atom is -0.480 e. The van der Waals surface area contributed by atoms with Gasteiger partial charge in [0.1, 0.15) is 17.4 Å². The van der Waals surface area contributed by atoms with Gasteiger partial charge in [0.15, 0.2) is 0 Å². The van der Waals surface area contributed by atoms with Crippen molar-refractivity contribution in [2.24, 2.45) is 5.92 Å². The minimum absolute atomic E-state index is 0.248. The van der Waals surface area contributed by atoms with Crippen LogP contribution in [0.2, 0.25) is 0 Å². The largest absolute Gasteiger partial charge is 0.480 e. The van der Waals surface area contributed by atoms with Crippen molar-refractivity contribution in [2.75, 3.05) is 37.6 Å². The minimum atomic E-state index is -1.09. The molecule has 0 bridgehead atoms. The van der Waals surface area contributed by atoms with E-state index in [1.807, 2.05) is 12.2 Å². The summed E-state index contributed by atoms with van der Waals surface area (Å²) in [6.07, 6.45) is 5.91. The maximum atomic E-state index is 12.5. The molecule has 10 nitrogen and oxygen atoms in total. The highest BCUT2D eigenvalue weighted by molar-refractivity contribution is 7.17. The number of hydrogen-bond donors (Lipinski definition) is 3. The second kappa shape index (κ2) is 8.13. The van der Waals surface area contributed by atoms with E-state index in [4.69, 9.17) is 5.11 Å². The van der Waals surface area contributed by atoms with Gasteiger partial charge < -0.3 is 20.6 Å². The van der Waals surface area contributed by atoms with E-state index in [0.717, 1.165) is 26.2 Å². The van der Waals surface area contributed by atoms with E-state index >= 15 is 0 Å². The molecule has 4 rings (SSSR count). The van der Waals surface area contributed by atoms with E-state index in [1.165, 1.54) is 21.9 Å². The number of anilines is 1. The quantitative estimate of drug-likeness (QED) is 0.607. The molecule has 0 saturated carbocycles. The molecule has 3 N–H and O–H groups in total. The molecule has 1 amide bonds. The third-order valence-electron chi connectivity index (χ3n) is 4.74. The molecule has 1 saturated heterocycles. The molecule has 1 aliphatic carbocycles. The Bertz CT molecular complexity index is 1070. The summed E-state index contributed by atoms with van der Waals surface area (Å²) in [6, 6.07) is 1.50. The highest BCUT2D eigenvalue weighted by Gasteiger charge is 2.21. The molecule has 3 heterocycles. The first-order chi connectivity index (χ1) is 14.0. The average molecular weight is 416 g/mol. The van der Waals surface area contributed by atoms with Gasteiger partial charge in [0.25, 0.3) is 5.56 Å². The number of carboxylic acid groups (broad SMARTS) is 1. The lowest BCUT2D eigenvalue weighted by atomic mass is 9.95. The second-order valence-corrected chi connectivity index (χ2v) is 7.73. The van der Waals surface area contributed by atoms with Crippen LogP contribution in [0.15, 0.2) is 29.1 Å². The van der Waals surface area contributed by atoms with Crippen molar-refractivity contribution in [1.82, 2.24) is 25.2 Å². The molecule has 152 valence electrons. The Morgan fingerprint density at radius 3 is 2.90 bits per heavy atom. The van der Waals surface area contributed by atoms with E-state index in [2.05, 4.69) is 25.6 Å². The van der Waals surface area contributed by atoms with E-state index in [-0.39, 0.29) is 11.5 Å². The second-order valence-electron chi connectivity index (χ2n) is 6.77. The van der Waals surface area contributed by atoms with Gasteiger partial charge in [-0.1, -0.05) is 29.6 Å². The van der Waals surface area contributed by atoms with Gasteiger partial charge in [-0.15, -0.1) is 0 Å². The van der Waals surface area contributed by atoms with Crippen molar-refractivity contribution in [3.63, 3.8) is 0 Å². The molecular weight excluding hydrogens is 396 g/mol. The average Bonchev–Trinajstić information content (AvgIpc) is 3.18. The first kappa shape index (κ1) is 19.3. The van der Waals surface area contributed by atoms with Crippen LogP contribution in [0.3, 0.4) is 0 Å². The van der Waals surface area contributed by atoms with Crippen molar-refractivity contribution < 1.29 is 14.7 Å². The topological polar surface area (TPSA) is 129 Å². The zero-order chi connectivity index (χ0) is 20.4. The number of aliphatic carboxylic acids is 1. The Morgan fingerprint density at radius 2 is 2.14 bits per heavy atom. The van der Waals surface area contributed by atoms with Crippen molar-refractivity contribution in [2.45, 2.75) is 6.42 Å². The molecule has 29 heavy (non-hydrogen) atoms. The Kier molecular flexibility index (Phi) is 5.41. The summed E-state index contributed by atoms with van der Waals surface area (Å²) in [7, 11) is 0. The number of aromatic nitrogens is 3. The molecule has 2 aromatic rings. The predicted octanol–water partition coefficient (Wildman–Crippen LogP) is -0.279. The van der Waals surface area contributed by atoms with Gasteiger partial charge in [0.2, 0.25) is 10.9 Å². The monoisotopic (exact) mass is 416 g/mol. The van der Waals surface area contributed by atoms with Gasteiger partial charge >= 0.3 is 5.97 Å². The standard InChI is InChI=1S/C18H20N6O4S/c25-14-9-13(23-6-4-19-5-7-23)21-18-24(14)22-17(29-18)12-3-1-2-11(8-12)16(28)20-10-15(26)27/h1,3,8-9,11,19H,2,4-7,10H2,(H,20,28)(H,26,27). The van der Waals surface area contributed by atoms with Crippen molar-refractivity contribution >= 4 is 39.6 Å². The van der Waals surface area contributed by atoms with Crippen LogP contribution in [-0.4, -0.2) is 64.3 Å². The van der Waals surface area contributed by atoms with Crippen molar-refractivity contribution in [3.05, 3.63) is 39.7 Å². The molecule has 0 aromatic carbocycles. The van der Waals surface area contributed by atoms with Crippen LogP contribution >= 0.6 is 11.3 Å². The van der Waals surface area contributed by atoms with Crippen LogP contribution in [0.5, 0.6) is 0 Å². The number of nitrogens with zero attached hydrogens (tertiary/aromatic N) is 4. The summed E-state index contributed by atoms with van der Waals surface area (Å²) in [6.45, 7) is 2.85. The van der Waals surface area contributed by atoms with Gasteiger partial charge in [-0.25, -0.2) is 4.98 Å². The zero-order valence-corrected chi connectivity index (χ0v) is 16.3. The summed E-state index contributed by atoms with van der Waals surface area (Å²) in [5, 5.41) is 19.3. The number of piperazine rings is 1. The lowest BCUT2D eigenvalue weighted by Gasteiger charge is -2.27. The number of nitrogens with one attached hydrogen (secondary N) is 2. The van der Waals surface area contributed by atoms with Crippen molar-refractivity contribution in [3.8, 4) is 0 Å². The normalized spacial score (nSPS) is 19.2. The number of carboxylic acids is 1. The summed E-state index contributed by atoms with van der Waals surface area (Å²) >= 11 is 1.28. The number of carbonyl (C=O) groups excluding carboxylic acids is 1. The zero-order valence-electron chi connectivity index (χ0n) is 15.5. The van der Waals surface area contributed by atoms with Crippen LogP contribution in [0, 0.1) is 5.92 Å². The van der Waals surface area contributed by atoms with E-state index in [9.17, 15) is 14.4 Å². The maximum Gasteiger partial charge on any atom is 0.322 e. The van der Waals surface area contributed by atoms with Crippen molar-refractivity contribution in [1.29, 1.82) is 0 Å². The third-order valence-corrected chi connectivity index (χ3v) is 5.70. The van der Waals surface area contributed by atoms with Gasteiger partial charge in [-0.05, 0) is 6.42 Å². The number of allylic oxidation sites excluding steroid dienone is 3. The molecule has 0 spiro atoms. The number of amides is 1. The Balaban J connectivity index is 1.61. The highest BCUT2D eigenvalue weighted by Crippen LogP contribution is 2.28. The predicted molar refractivity (Wildman–Crippen MR) is 108 cm³/mol. The maximum absolute atomic E-state index is 12.5. The SMILES string of the molecule is O=C(O)CNC(=O)C1C=C(c2nn3c(=O)cc(N4CCNCC4)nc3s2)C=CC1. The third kappa shape index (κ3) is 4.20. The molecule has 1 atom stereocenters. The lowest BCUT2D eigenvalue weighted by Crippen LogP contribution is -2.44. The van der Waals surface area contributed by atoms with Crippen LogP contribution < -0.4 is 21.1 Å². The summed E-state index contributed by atoms with van der Waals surface area (Å²) in [5.41, 5.74) is 0.465. The fourth-order valence-corrected chi connectivity index (χ4v) is 4.18. The summed E-state index contributed by atoms with van der Waals surface area (Å²) in [4.78, 5) is 42.5. The van der Waals surface area contributed by atoms with E-state index in [0.29, 0.717) is 27.8 Å². The van der Waals surface area contributed by atoms with Gasteiger partial charge in [0, 0.05) is 37.8 Å². The molecule has 1 aliphatic heterocycles. The van der Waals surface area contributed by atoms with Crippen LogP contribution in [0.25, 0.3) is 10.5 Å². The molecule has 2 aliphatic rings. The van der Waals surface area contributed by atoms with E-state index < -0.39 is 18.4 Å². The Hall–Kier alpha value is -3.05. The number of hydrogen-bond acceptors (Lipinski definition) is 8. The molecule has 1 unspecified atom stereocenters. The molecule has 1 fully saturated rings. The van der Waals surface area contributed by atoms with Gasteiger partial charge in [-0.2, -0.15) is 9.61 Å². The Morgan fingerprint density at radius 1 is 1.34 bits per heavy atom. The number of fused-ring (bicyclic) bond motifs is 1. The van der Waals surface area contributed by atoms with Crippen LogP contribution in [0.1, 0.15) is 11.4 Å².